The lowest BCUT2D eigenvalue weighted by Gasteiger charge is -2.34. The summed E-state index contributed by atoms with van der Waals surface area (Å²) in [6.45, 7) is 9.05. The molecule has 8 nitrogen and oxygen atoms in total. The summed E-state index contributed by atoms with van der Waals surface area (Å²) < 4.78 is 34.2. The highest BCUT2D eigenvalue weighted by molar-refractivity contribution is 7.92. The molecule has 3 aromatic rings. The van der Waals surface area contributed by atoms with E-state index in [-0.39, 0.29) is 23.4 Å². The maximum absolute atomic E-state index is 14.1. The van der Waals surface area contributed by atoms with Crippen LogP contribution in [0.4, 0.5) is 5.69 Å². The van der Waals surface area contributed by atoms with Crippen molar-refractivity contribution in [2.75, 3.05) is 18.0 Å². The second-order valence-electron chi connectivity index (χ2n) is 10.1. The molecule has 0 saturated carbocycles. The van der Waals surface area contributed by atoms with E-state index in [0.717, 1.165) is 21.0 Å². The summed E-state index contributed by atoms with van der Waals surface area (Å²) in [6.07, 6.45) is 0.365. The van der Waals surface area contributed by atoms with Crippen molar-refractivity contribution in [1.82, 2.24) is 10.2 Å². The number of ether oxygens (including phenoxy) is 1. The number of nitrogens with one attached hydrogen (secondary N) is 1. The maximum atomic E-state index is 14.1. The summed E-state index contributed by atoms with van der Waals surface area (Å²) in [5.74, 6) is -0.210. The summed E-state index contributed by atoms with van der Waals surface area (Å²) in [5.41, 5.74) is 3.07. The fourth-order valence-corrected chi connectivity index (χ4v) is 5.80. The third-order valence-corrected chi connectivity index (χ3v) is 8.46. The maximum Gasteiger partial charge on any atom is 0.264 e. The number of aryl methyl sites for hydroxylation is 2. The zero-order valence-corrected chi connectivity index (χ0v) is 24.9. The number of carbonyl (C=O) groups is 2. The van der Waals surface area contributed by atoms with Gasteiger partial charge in [-0.1, -0.05) is 48.9 Å². The van der Waals surface area contributed by atoms with Gasteiger partial charge in [-0.25, -0.2) is 8.42 Å². The van der Waals surface area contributed by atoms with Crippen LogP contribution in [-0.4, -0.2) is 50.9 Å². The quantitative estimate of drug-likeness (QED) is 0.339. The molecule has 0 aliphatic rings. The van der Waals surface area contributed by atoms with Crippen LogP contribution in [0.25, 0.3) is 0 Å². The molecule has 1 atom stereocenters. The standard InChI is InChI=1S/C31H39N3O5S/c1-7-29(31(36)32-22(2)3)33(20-25-11-9-8-10-24(25)5)30(35)21-34(26-14-16-27(39-6)17-15-26)40(37,38)28-18-12-23(4)13-19-28/h8-19,22,29H,7,20-21H2,1-6H3,(H,32,36)/t29-/m0/s1. The fraction of sp³-hybridized carbons (Fsp3) is 0.355. The largest absolute Gasteiger partial charge is 0.497 e. The minimum absolute atomic E-state index is 0.0664. The summed E-state index contributed by atoms with van der Waals surface area (Å²) in [5, 5.41) is 2.91. The molecular formula is C31H39N3O5S. The van der Waals surface area contributed by atoms with Crippen LogP contribution in [0.5, 0.6) is 5.75 Å². The SMILES string of the molecule is CC[C@@H](C(=O)NC(C)C)N(Cc1ccccc1C)C(=O)CN(c1ccc(OC)cc1)S(=O)(=O)c1ccc(C)cc1. The molecular weight excluding hydrogens is 526 g/mol. The summed E-state index contributed by atoms with van der Waals surface area (Å²) in [6, 6.07) is 19.7. The van der Waals surface area contributed by atoms with Gasteiger partial charge >= 0.3 is 0 Å². The first kappa shape index (κ1) is 30.7. The highest BCUT2D eigenvalue weighted by atomic mass is 32.2. The smallest absolute Gasteiger partial charge is 0.264 e. The molecule has 214 valence electrons. The topological polar surface area (TPSA) is 96.0 Å². The number of rotatable bonds is 12. The van der Waals surface area contributed by atoms with Crippen molar-refractivity contribution in [3.63, 3.8) is 0 Å². The number of hydrogen-bond acceptors (Lipinski definition) is 5. The third kappa shape index (κ3) is 7.41. The van der Waals surface area contributed by atoms with E-state index in [2.05, 4.69) is 5.32 Å². The van der Waals surface area contributed by atoms with Crippen LogP contribution in [-0.2, 0) is 26.2 Å². The number of benzene rings is 3. The van der Waals surface area contributed by atoms with Crippen molar-refractivity contribution in [3.8, 4) is 5.75 Å². The number of anilines is 1. The van der Waals surface area contributed by atoms with Crippen LogP contribution in [0, 0.1) is 13.8 Å². The van der Waals surface area contributed by atoms with Crippen molar-refractivity contribution in [2.24, 2.45) is 0 Å². The van der Waals surface area contributed by atoms with E-state index in [1.165, 1.54) is 24.1 Å². The number of sulfonamides is 1. The monoisotopic (exact) mass is 565 g/mol. The van der Waals surface area contributed by atoms with Crippen LogP contribution in [0.1, 0.15) is 43.9 Å². The van der Waals surface area contributed by atoms with E-state index in [4.69, 9.17) is 4.74 Å². The van der Waals surface area contributed by atoms with Gasteiger partial charge in [-0.05, 0) is 81.6 Å². The van der Waals surface area contributed by atoms with Crippen molar-refractivity contribution < 1.29 is 22.7 Å². The molecule has 1 N–H and O–H groups in total. The van der Waals surface area contributed by atoms with Gasteiger partial charge in [-0.3, -0.25) is 13.9 Å². The van der Waals surface area contributed by atoms with E-state index in [1.54, 1.807) is 36.4 Å². The minimum Gasteiger partial charge on any atom is -0.497 e. The van der Waals surface area contributed by atoms with Crippen LogP contribution >= 0.6 is 0 Å². The summed E-state index contributed by atoms with van der Waals surface area (Å²) >= 11 is 0. The molecule has 0 saturated heterocycles. The summed E-state index contributed by atoms with van der Waals surface area (Å²) in [7, 11) is -2.60. The molecule has 3 rings (SSSR count). The highest BCUT2D eigenvalue weighted by Crippen LogP contribution is 2.27. The van der Waals surface area contributed by atoms with Gasteiger partial charge in [0.2, 0.25) is 11.8 Å². The Kier molecular flexibility index (Phi) is 10.3. The number of nitrogens with zero attached hydrogens (tertiary/aromatic N) is 2. The number of amides is 2. The molecule has 0 unspecified atom stereocenters. The van der Waals surface area contributed by atoms with Crippen molar-refractivity contribution in [2.45, 2.75) is 64.6 Å². The van der Waals surface area contributed by atoms with Gasteiger partial charge in [0.15, 0.2) is 0 Å². The second kappa shape index (κ2) is 13.5. The Morgan fingerprint density at radius 2 is 1.55 bits per heavy atom. The Hall–Kier alpha value is -3.85. The van der Waals surface area contributed by atoms with E-state index in [0.29, 0.717) is 17.9 Å². The zero-order chi connectivity index (χ0) is 29.4. The van der Waals surface area contributed by atoms with E-state index >= 15 is 0 Å². The van der Waals surface area contributed by atoms with Gasteiger partial charge in [-0.2, -0.15) is 0 Å². The van der Waals surface area contributed by atoms with Crippen LogP contribution in [0.15, 0.2) is 77.7 Å². The lowest BCUT2D eigenvalue weighted by atomic mass is 10.1. The van der Waals surface area contributed by atoms with Gasteiger partial charge in [0.05, 0.1) is 17.7 Å². The predicted octanol–water partition coefficient (Wildman–Crippen LogP) is 4.84. The van der Waals surface area contributed by atoms with Gasteiger partial charge in [0.25, 0.3) is 10.0 Å². The van der Waals surface area contributed by atoms with Gasteiger partial charge in [-0.15, -0.1) is 0 Å². The van der Waals surface area contributed by atoms with Crippen molar-refractivity contribution >= 4 is 27.5 Å². The average molecular weight is 566 g/mol. The van der Waals surface area contributed by atoms with Gasteiger partial charge < -0.3 is 15.0 Å². The molecule has 0 radical (unpaired) electrons. The van der Waals surface area contributed by atoms with E-state index < -0.39 is 28.5 Å². The molecule has 0 heterocycles. The molecule has 40 heavy (non-hydrogen) atoms. The third-order valence-electron chi connectivity index (χ3n) is 6.67. The van der Waals surface area contributed by atoms with Gasteiger partial charge in [0.1, 0.15) is 18.3 Å². The molecule has 0 aliphatic carbocycles. The molecule has 0 bridgehead atoms. The number of carbonyl (C=O) groups excluding carboxylic acids is 2. The lowest BCUT2D eigenvalue weighted by Crippen LogP contribution is -2.53. The Labute approximate surface area is 238 Å². The number of methoxy groups -OCH3 is 1. The van der Waals surface area contributed by atoms with Crippen molar-refractivity contribution in [1.29, 1.82) is 0 Å². The van der Waals surface area contributed by atoms with Crippen LogP contribution in [0.2, 0.25) is 0 Å². The van der Waals surface area contributed by atoms with Crippen LogP contribution < -0.4 is 14.4 Å². The summed E-state index contributed by atoms with van der Waals surface area (Å²) in [4.78, 5) is 28.9. The van der Waals surface area contributed by atoms with Crippen molar-refractivity contribution in [3.05, 3.63) is 89.5 Å². The first-order chi connectivity index (χ1) is 19.0. The minimum atomic E-state index is -4.13. The zero-order valence-electron chi connectivity index (χ0n) is 24.0. The Bertz CT molecular complexity index is 1400. The Morgan fingerprint density at radius 1 is 0.925 bits per heavy atom. The normalized spacial score (nSPS) is 12.1. The average Bonchev–Trinajstić information content (AvgIpc) is 2.92. The van der Waals surface area contributed by atoms with Crippen LogP contribution in [0.3, 0.4) is 0 Å². The molecule has 3 aromatic carbocycles. The molecule has 0 spiro atoms. The lowest BCUT2D eigenvalue weighted by molar-refractivity contribution is -0.140. The second-order valence-corrected chi connectivity index (χ2v) is 11.9. The molecule has 0 fully saturated rings. The number of hydrogen-bond donors (Lipinski definition) is 1. The molecule has 0 aromatic heterocycles. The van der Waals surface area contributed by atoms with Gasteiger partial charge in [0, 0.05) is 12.6 Å². The first-order valence-corrected chi connectivity index (χ1v) is 14.8. The molecule has 9 heteroatoms. The predicted molar refractivity (Wildman–Crippen MR) is 158 cm³/mol. The Morgan fingerprint density at radius 3 is 2.10 bits per heavy atom. The fourth-order valence-electron chi connectivity index (χ4n) is 4.39. The van der Waals surface area contributed by atoms with E-state index in [9.17, 15) is 18.0 Å². The highest BCUT2D eigenvalue weighted by Gasteiger charge is 2.34. The Balaban J connectivity index is 2.08. The van der Waals surface area contributed by atoms with E-state index in [1.807, 2.05) is 58.9 Å². The molecule has 2 amide bonds. The first-order valence-electron chi connectivity index (χ1n) is 13.4. The molecule has 0 aliphatic heterocycles.